The second-order valence-corrected chi connectivity index (χ2v) is 4.57. The molecule has 1 atom stereocenters. The highest BCUT2D eigenvalue weighted by atomic mass is 32.2. The third-order valence-corrected chi connectivity index (χ3v) is 3.47. The summed E-state index contributed by atoms with van der Waals surface area (Å²) in [7, 11) is 0. The Bertz CT molecular complexity index is 321. The first kappa shape index (κ1) is 10.0. The molecule has 1 heterocycles. The van der Waals surface area contributed by atoms with Crippen LogP contribution in [0.15, 0.2) is 29.2 Å². The first-order chi connectivity index (χ1) is 6.74. The zero-order valence-corrected chi connectivity index (χ0v) is 9.10. The first-order valence-corrected chi connectivity index (χ1v) is 6.05. The molecule has 14 heavy (non-hydrogen) atoms. The van der Waals surface area contributed by atoms with Crippen molar-refractivity contribution in [2.45, 2.75) is 16.9 Å². The number of aliphatic hydroxyl groups is 1. The monoisotopic (exact) mass is 209 g/mol. The van der Waals surface area contributed by atoms with E-state index in [9.17, 15) is 5.11 Å². The number of hydrogen-bond donors (Lipinski definition) is 2. The van der Waals surface area contributed by atoms with E-state index < -0.39 is 5.60 Å². The van der Waals surface area contributed by atoms with Crippen molar-refractivity contribution in [1.29, 1.82) is 0 Å². The van der Waals surface area contributed by atoms with Crippen LogP contribution in [0.1, 0.15) is 12.0 Å². The van der Waals surface area contributed by atoms with E-state index in [1.165, 1.54) is 4.90 Å². The molecular formula is C11H15NOS. The number of rotatable bonds is 2. The summed E-state index contributed by atoms with van der Waals surface area (Å²) in [6.45, 7) is 1.57. The maximum atomic E-state index is 10.3. The van der Waals surface area contributed by atoms with Gasteiger partial charge in [-0.3, -0.25) is 0 Å². The van der Waals surface area contributed by atoms with Gasteiger partial charge in [0.15, 0.2) is 0 Å². The van der Waals surface area contributed by atoms with Gasteiger partial charge in [0.05, 0.1) is 0 Å². The molecule has 2 rings (SSSR count). The van der Waals surface area contributed by atoms with Crippen LogP contribution in [0.25, 0.3) is 0 Å². The summed E-state index contributed by atoms with van der Waals surface area (Å²) in [5, 5.41) is 13.5. The van der Waals surface area contributed by atoms with Crippen LogP contribution >= 0.6 is 11.8 Å². The second kappa shape index (κ2) is 3.93. The molecule has 0 amide bonds. The third kappa shape index (κ3) is 1.80. The fourth-order valence-corrected chi connectivity index (χ4v) is 2.30. The van der Waals surface area contributed by atoms with Crippen molar-refractivity contribution in [3.8, 4) is 0 Å². The van der Waals surface area contributed by atoms with E-state index in [0.29, 0.717) is 6.54 Å². The Morgan fingerprint density at radius 3 is 3.00 bits per heavy atom. The van der Waals surface area contributed by atoms with Crippen LogP contribution in [0.5, 0.6) is 0 Å². The number of nitrogens with one attached hydrogen (secondary N) is 1. The Morgan fingerprint density at radius 1 is 1.50 bits per heavy atom. The fourth-order valence-electron chi connectivity index (χ4n) is 1.84. The van der Waals surface area contributed by atoms with Gasteiger partial charge in [-0.15, -0.1) is 11.8 Å². The van der Waals surface area contributed by atoms with Crippen molar-refractivity contribution in [2.24, 2.45) is 0 Å². The van der Waals surface area contributed by atoms with E-state index in [1.54, 1.807) is 11.8 Å². The smallest absolute Gasteiger partial charge is 0.103 e. The molecule has 0 aromatic heterocycles. The lowest BCUT2D eigenvalue weighted by Gasteiger charge is -2.22. The predicted molar refractivity (Wildman–Crippen MR) is 59.6 cm³/mol. The number of hydrogen-bond acceptors (Lipinski definition) is 3. The largest absolute Gasteiger partial charge is 0.384 e. The van der Waals surface area contributed by atoms with Crippen LogP contribution in [0.3, 0.4) is 0 Å². The zero-order chi connectivity index (χ0) is 10.0. The molecule has 1 saturated heterocycles. The van der Waals surface area contributed by atoms with Crippen LogP contribution in [0, 0.1) is 0 Å². The van der Waals surface area contributed by atoms with Gasteiger partial charge in [0.2, 0.25) is 0 Å². The van der Waals surface area contributed by atoms with Crippen LogP contribution in [0.4, 0.5) is 0 Å². The molecule has 0 saturated carbocycles. The van der Waals surface area contributed by atoms with Gasteiger partial charge in [0.1, 0.15) is 5.60 Å². The Hall–Kier alpha value is -0.510. The lowest BCUT2D eigenvalue weighted by molar-refractivity contribution is 0.0585. The van der Waals surface area contributed by atoms with Crippen molar-refractivity contribution in [2.75, 3.05) is 19.3 Å². The summed E-state index contributed by atoms with van der Waals surface area (Å²) in [5.41, 5.74) is 0.389. The van der Waals surface area contributed by atoms with Gasteiger partial charge in [0.25, 0.3) is 0 Å². The SMILES string of the molecule is CSc1cccc(C2(O)CCNC2)c1. The average molecular weight is 209 g/mol. The minimum Gasteiger partial charge on any atom is -0.384 e. The lowest BCUT2D eigenvalue weighted by atomic mass is 9.93. The normalized spacial score (nSPS) is 26.7. The van der Waals surface area contributed by atoms with Gasteiger partial charge >= 0.3 is 0 Å². The molecule has 0 aliphatic carbocycles. The molecular weight excluding hydrogens is 194 g/mol. The van der Waals surface area contributed by atoms with E-state index in [1.807, 2.05) is 12.1 Å². The summed E-state index contributed by atoms with van der Waals surface area (Å²) in [6, 6.07) is 8.17. The van der Waals surface area contributed by atoms with Gasteiger partial charge in [-0.1, -0.05) is 12.1 Å². The van der Waals surface area contributed by atoms with Crippen molar-refractivity contribution in [1.82, 2.24) is 5.32 Å². The fraction of sp³-hybridized carbons (Fsp3) is 0.455. The summed E-state index contributed by atoms with van der Waals surface area (Å²) >= 11 is 1.71. The van der Waals surface area contributed by atoms with Crippen molar-refractivity contribution in [3.05, 3.63) is 29.8 Å². The maximum absolute atomic E-state index is 10.3. The Morgan fingerprint density at radius 2 is 2.36 bits per heavy atom. The van der Waals surface area contributed by atoms with Gasteiger partial charge in [0, 0.05) is 11.4 Å². The molecule has 76 valence electrons. The quantitative estimate of drug-likeness (QED) is 0.726. The molecule has 1 fully saturated rings. The topological polar surface area (TPSA) is 32.3 Å². The van der Waals surface area contributed by atoms with Gasteiger partial charge in [-0.2, -0.15) is 0 Å². The molecule has 1 aromatic rings. The maximum Gasteiger partial charge on any atom is 0.103 e. The standard InChI is InChI=1S/C11H15NOS/c1-14-10-4-2-3-9(7-10)11(13)5-6-12-8-11/h2-4,7,12-13H,5-6,8H2,1H3. The van der Waals surface area contributed by atoms with Gasteiger partial charge < -0.3 is 10.4 Å². The molecule has 1 aliphatic rings. The van der Waals surface area contributed by atoms with Crippen molar-refractivity contribution >= 4 is 11.8 Å². The van der Waals surface area contributed by atoms with Crippen LogP contribution in [-0.2, 0) is 5.60 Å². The van der Waals surface area contributed by atoms with E-state index >= 15 is 0 Å². The number of β-amino-alcohol motifs (C(OH)–C–C–N with tert-alkyl or cyclic N) is 1. The minimum atomic E-state index is -0.647. The third-order valence-electron chi connectivity index (χ3n) is 2.74. The highest BCUT2D eigenvalue weighted by Gasteiger charge is 2.32. The number of thioether (sulfide) groups is 1. The molecule has 1 unspecified atom stereocenters. The second-order valence-electron chi connectivity index (χ2n) is 3.69. The zero-order valence-electron chi connectivity index (χ0n) is 8.29. The van der Waals surface area contributed by atoms with E-state index in [2.05, 4.69) is 23.7 Å². The van der Waals surface area contributed by atoms with Crippen molar-refractivity contribution in [3.63, 3.8) is 0 Å². The van der Waals surface area contributed by atoms with Gasteiger partial charge in [-0.25, -0.2) is 0 Å². The highest BCUT2D eigenvalue weighted by molar-refractivity contribution is 7.98. The van der Waals surface area contributed by atoms with Gasteiger partial charge in [-0.05, 0) is 36.9 Å². The molecule has 0 radical (unpaired) electrons. The van der Waals surface area contributed by atoms with Crippen LogP contribution in [0.2, 0.25) is 0 Å². The van der Waals surface area contributed by atoms with Crippen LogP contribution in [-0.4, -0.2) is 24.5 Å². The summed E-state index contributed by atoms with van der Waals surface area (Å²) in [6.07, 6.45) is 2.86. The van der Waals surface area contributed by atoms with E-state index in [-0.39, 0.29) is 0 Å². The Kier molecular flexibility index (Phi) is 2.81. The molecule has 0 bridgehead atoms. The summed E-state index contributed by atoms with van der Waals surface area (Å²) in [5.74, 6) is 0. The molecule has 3 heteroatoms. The molecule has 0 spiro atoms. The summed E-state index contributed by atoms with van der Waals surface area (Å²) in [4.78, 5) is 1.21. The first-order valence-electron chi connectivity index (χ1n) is 4.82. The molecule has 2 N–H and O–H groups in total. The lowest BCUT2D eigenvalue weighted by Crippen LogP contribution is -2.28. The van der Waals surface area contributed by atoms with Crippen LogP contribution < -0.4 is 5.32 Å². The van der Waals surface area contributed by atoms with Crippen molar-refractivity contribution < 1.29 is 5.11 Å². The number of benzene rings is 1. The predicted octanol–water partition coefficient (Wildman–Crippen LogP) is 1.59. The Balaban J connectivity index is 2.30. The average Bonchev–Trinajstić information content (AvgIpc) is 2.67. The molecule has 1 aliphatic heterocycles. The highest BCUT2D eigenvalue weighted by Crippen LogP contribution is 2.29. The summed E-state index contributed by atoms with van der Waals surface area (Å²) < 4.78 is 0. The molecule has 1 aromatic carbocycles. The van der Waals surface area contributed by atoms with E-state index in [4.69, 9.17) is 0 Å². The van der Waals surface area contributed by atoms with E-state index in [0.717, 1.165) is 18.5 Å². The Labute approximate surface area is 88.7 Å². The molecule has 2 nitrogen and oxygen atoms in total. The minimum absolute atomic E-state index is 0.647.